The Labute approximate surface area is 176 Å². The Morgan fingerprint density at radius 3 is 2.23 bits per heavy atom. The number of nitrogens with one attached hydrogen (secondary N) is 1. The molecule has 3 amide bonds. The van der Waals surface area contributed by atoms with Gasteiger partial charge in [-0.15, -0.1) is 0 Å². The van der Waals surface area contributed by atoms with Crippen molar-refractivity contribution in [3.63, 3.8) is 0 Å². The maximum Gasteiger partial charge on any atom is 0.411 e. The number of carboxylic acids is 1. The van der Waals surface area contributed by atoms with E-state index in [1.807, 2.05) is 0 Å². The third kappa shape index (κ3) is 5.40. The molecule has 0 spiro atoms. The highest BCUT2D eigenvalue weighted by atomic mass is 16.6. The van der Waals surface area contributed by atoms with Crippen LogP contribution in [-0.4, -0.2) is 75.6 Å². The van der Waals surface area contributed by atoms with Crippen molar-refractivity contribution in [3.8, 4) is 6.07 Å². The van der Waals surface area contributed by atoms with Crippen LogP contribution in [0.1, 0.15) is 47.5 Å². The van der Waals surface area contributed by atoms with Gasteiger partial charge in [0, 0.05) is 31.5 Å². The van der Waals surface area contributed by atoms with Crippen molar-refractivity contribution in [1.29, 1.82) is 5.26 Å². The van der Waals surface area contributed by atoms with E-state index < -0.39 is 47.6 Å². The van der Waals surface area contributed by atoms with Crippen molar-refractivity contribution >= 4 is 23.9 Å². The normalized spacial score (nSPS) is 26.4. The highest BCUT2D eigenvalue weighted by Gasteiger charge is 2.45. The van der Waals surface area contributed by atoms with Crippen LogP contribution in [-0.2, 0) is 19.1 Å². The minimum atomic E-state index is -1.12. The van der Waals surface area contributed by atoms with E-state index in [9.17, 15) is 29.5 Å². The first kappa shape index (κ1) is 23.4. The van der Waals surface area contributed by atoms with Gasteiger partial charge >= 0.3 is 12.1 Å². The second kappa shape index (κ2) is 8.90. The van der Waals surface area contributed by atoms with Crippen LogP contribution in [0.15, 0.2) is 0 Å². The summed E-state index contributed by atoms with van der Waals surface area (Å²) in [6.07, 6.45) is -0.419. The summed E-state index contributed by atoms with van der Waals surface area (Å²) in [5, 5.41) is 21.5. The van der Waals surface area contributed by atoms with E-state index in [1.165, 1.54) is 9.80 Å². The topological polar surface area (TPSA) is 140 Å². The average molecular weight is 422 g/mol. The molecule has 0 saturated carbocycles. The molecule has 0 aromatic carbocycles. The fraction of sp³-hybridized carbons (Fsp3) is 0.750. The third-order valence-electron chi connectivity index (χ3n) is 5.12. The van der Waals surface area contributed by atoms with E-state index in [4.69, 9.17) is 4.74 Å². The number of carbonyl (C=O) groups is 4. The van der Waals surface area contributed by atoms with Crippen LogP contribution >= 0.6 is 0 Å². The molecule has 2 saturated heterocycles. The maximum atomic E-state index is 12.9. The third-order valence-corrected chi connectivity index (χ3v) is 5.12. The van der Waals surface area contributed by atoms with Crippen LogP contribution in [0.5, 0.6) is 0 Å². The molecule has 0 aliphatic carbocycles. The van der Waals surface area contributed by atoms with Gasteiger partial charge < -0.3 is 20.1 Å². The summed E-state index contributed by atoms with van der Waals surface area (Å²) in [6.45, 7) is 8.68. The highest BCUT2D eigenvalue weighted by Crippen LogP contribution is 2.27. The zero-order chi connectivity index (χ0) is 22.8. The molecule has 0 aromatic heterocycles. The first-order valence-electron chi connectivity index (χ1n) is 10.1. The molecule has 30 heavy (non-hydrogen) atoms. The number of rotatable bonds is 4. The molecule has 166 valence electrons. The summed E-state index contributed by atoms with van der Waals surface area (Å²) >= 11 is 0. The zero-order valence-corrected chi connectivity index (χ0v) is 18.0. The number of ether oxygens (including phenoxy) is 1. The molecule has 10 heteroatoms. The number of hydrogen-bond acceptors (Lipinski definition) is 6. The summed E-state index contributed by atoms with van der Waals surface area (Å²) in [5.74, 6) is -2.76. The van der Waals surface area contributed by atoms with Gasteiger partial charge in [-0.3, -0.25) is 14.5 Å². The molecular weight excluding hydrogens is 392 g/mol. The lowest BCUT2D eigenvalue weighted by Crippen LogP contribution is -2.50. The quantitative estimate of drug-likeness (QED) is 0.687. The minimum absolute atomic E-state index is 0.0837. The Hall–Kier alpha value is -2.83. The maximum absolute atomic E-state index is 12.9. The van der Waals surface area contributed by atoms with Crippen molar-refractivity contribution in [2.75, 3.05) is 13.1 Å². The fourth-order valence-electron chi connectivity index (χ4n) is 3.75. The van der Waals surface area contributed by atoms with Crippen molar-refractivity contribution in [2.45, 2.75) is 71.2 Å². The molecule has 10 nitrogen and oxygen atoms in total. The van der Waals surface area contributed by atoms with Crippen LogP contribution in [0.2, 0.25) is 0 Å². The van der Waals surface area contributed by atoms with Crippen molar-refractivity contribution in [2.24, 2.45) is 11.8 Å². The van der Waals surface area contributed by atoms with E-state index in [-0.39, 0.29) is 37.8 Å². The van der Waals surface area contributed by atoms with Crippen LogP contribution < -0.4 is 5.32 Å². The molecule has 0 aromatic rings. The van der Waals surface area contributed by atoms with Gasteiger partial charge in [0.25, 0.3) is 0 Å². The highest BCUT2D eigenvalue weighted by molar-refractivity contribution is 5.88. The summed E-state index contributed by atoms with van der Waals surface area (Å²) < 4.78 is 5.36. The molecule has 4 atom stereocenters. The molecule has 2 fully saturated rings. The first-order valence-corrected chi connectivity index (χ1v) is 10.1. The average Bonchev–Trinajstić information content (AvgIpc) is 3.23. The van der Waals surface area contributed by atoms with Crippen LogP contribution in [0.3, 0.4) is 0 Å². The minimum Gasteiger partial charge on any atom is -0.480 e. The molecule has 0 radical (unpaired) electrons. The van der Waals surface area contributed by atoms with Crippen molar-refractivity contribution in [1.82, 2.24) is 15.1 Å². The smallest absolute Gasteiger partial charge is 0.411 e. The van der Waals surface area contributed by atoms with Gasteiger partial charge in [0.15, 0.2) is 0 Å². The van der Waals surface area contributed by atoms with Gasteiger partial charge in [-0.25, -0.2) is 9.59 Å². The zero-order valence-electron chi connectivity index (χ0n) is 18.0. The van der Waals surface area contributed by atoms with E-state index in [0.717, 1.165) is 0 Å². The number of hydrogen-bond donors (Lipinski definition) is 2. The Morgan fingerprint density at radius 2 is 1.73 bits per heavy atom. The molecule has 0 unspecified atom stereocenters. The van der Waals surface area contributed by atoms with Gasteiger partial charge in [0.2, 0.25) is 11.8 Å². The molecule has 0 bridgehead atoms. The lowest BCUT2D eigenvalue weighted by Gasteiger charge is -2.28. The molecule has 2 N–H and O–H groups in total. The summed E-state index contributed by atoms with van der Waals surface area (Å²) in [7, 11) is 0. The van der Waals surface area contributed by atoms with Gasteiger partial charge in [0.05, 0.1) is 12.0 Å². The van der Waals surface area contributed by atoms with E-state index in [2.05, 4.69) is 11.4 Å². The summed E-state index contributed by atoms with van der Waals surface area (Å²) in [4.78, 5) is 51.9. The number of carbonyl (C=O) groups excluding carboxylic acids is 3. The van der Waals surface area contributed by atoms with Crippen LogP contribution in [0, 0.1) is 23.2 Å². The second-order valence-corrected chi connectivity index (χ2v) is 9.15. The summed E-state index contributed by atoms with van der Waals surface area (Å²) in [5.41, 5.74) is -0.749. The Bertz CT molecular complexity index is 753. The predicted molar refractivity (Wildman–Crippen MR) is 105 cm³/mol. The van der Waals surface area contributed by atoms with Crippen LogP contribution in [0.25, 0.3) is 0 Å². The second-order valence-electron chi connectivity index (χ2n) is 9.15. The Morgan fingerprint density at radius 1 is 1.10 bits per heavy atom. The Balaban J connectivity index is 2.11. The largest absolute Gasteiger partial charge is 0.480 e. The number of nitriles is 1. The van der Waals surface area contributed by atoms with Gasteiger partial charge in [-0.05, 0) is 27.2 Å². The standard InChI is InChI=1S/C20H30N4O6/c1-11(2)17(26)23-10-13(7-15(23)18(27)28)22-16(25)14-6-12(8-21)9-24(14)19(29)30-20(3,4)5/h11-15H,6-7,9-10H2,1-5H3,(H,22,25)(H,27,28)/t12-,13+,14-,15+/m0/s1. The molecule has 2 aliphatic rings. The predicted octanol–water partition coefficient (Wildman–Crippen LogP) is 0.962. The van der Waals surface area contributed by atoms with Crippen molar-refractivity contribution < 1.29 is 29.0 Å². The number of likely N-dealkylation sites (tertiary alicyclic amines) is 2. The lowest BCUT2D eigenvalue weighted by molar-refractivity contribution is -0.149. The Kier molecular flexibility index (Phi) is 6.95. The molecule has 2 aliphatic heterocycles. The van der Waals surface area contributed by atoms with E-state index in [0.29, 0.717) is 0 Å². The van der Waals surface area contributed by atoms with Gasteiger partial charge in [-0.1, -0.05) is 13.8 Å². The number of nitrogens with zero attached hydrogens (tertiary/aromatic N) is 3. The van der Waals surface area contributed by atoms with E-state index >= 15 is 0 Å². The molecule has 2 heterocycles. The first-order chi connectivity index (χ1) is 13.8. The summed E-state index contributed by atoms with van der Waals surface area (Å²) in [6, 6.07) is -0.364. The molecular formula is C20H30N4O6. The number of amides is 3. The lowest BCUT2D eigenvalue weighted by atomic mass is 10.1. The van der Waals surface area contributed by atoms with Crippen molar-refractivity contribution in [3.05, 3.63) is 0 Å². The number of carboxylic acid groups (broad SMARTS) is 1. The number of aliphatic carboxylic acids is 1. The van der Waals surface area contributed by atoms with E-state index in [1.54, 1.807) is 34.6 Å². The fourth-order valence-corrected chi connectivity index (χ4v) is 3.75. The monoisotopic (exact) mass is 422 g/mol. The van der Waals surface area contributed by atoms with Crippen LogP contribution in [0.4, 0.5) is 4.79 Å². The van der Waals surface area contributed by atoms with Gasteiger partial charge in [0.1, 0.15) is 17.7 Å². The molecule has 2 rings (SSSR count). The SMILES string of the molecule is CC(C)C(=O)N1C[C@H](NC(=O)[C@@H]2C[C@@H](C#N)CN2C(=O)OC(C)(C)C)C[C@@H]1C(=O)O. The van der Waals surface area contributed by atoms with Gasteiger partial charge in [-0.2, -0.15) is 5.26 Å².